The zero-order chi connectivity index (χ0) is 26.1. The van der Waals surface area contributed by atoms with Crippen LogP contribution in [0, 0.1) is 6.92 Å². The number of amides is 1. The maximum absolute atomic E-state index is 13.4. The van der Waals surface area contributed by atoms with Crippen molar-refractivity contribution in [3.8, 4) is 11.5 Å². The highest BCUT2D eigenvalue weighted by atomic mass is 32.1. The summed E-state index contributed by atoms with van der Waals surface area (Å²) in [6.07, 6.45) is 2.45. The van der Waals surface area contributed by atoms with Gasteiger partial charge in [-0.3, -0.25) is 19.5 Å². The number of fused-ring (bicyclic) bond motifs is 1. The zero-order valence-corrected chi connectivity index (χ0v) is 21.4. The molecule has 2 aromatic carbocycles. The van der Waals surface area contributed by atoms with E-state index in [0.717, 1.165) is 16.7 Å². The summed E-state index contributed by atoms with van der Waals surface area (Å²) in [5.41, 5.74) is 2.38. The summed E-state index contributed by atoms with van der Waals surface area (Å²) in [4.78, 5) is 37.2. The minimum atomic E-state index is -0.944. The summed E-state index contributed by atoms with van der Waals surface area (Å²) < 4.78 is 11.9. The SMILES string of the molecule is CCCOc1ccc(/C(O)=C2\C(=O)C(=O)N(c3nc4cc(C)c(OC)cc4s3)C2c2ccccn2)cc1. The van der Waals surface area contributed by atoms with E-state index >= 15 is 0 Å². The number of Topliss-reactive ketones (excluding diaryl/α,β-unsaturated/α-hetero) is 1. The Morgan fingerprint density at radius 3 is 2.59 bits per heavy atom. The first-order valence-corrected chi connectivity index (χ1v) is 12.6. The van der Waals surface area contributed by atoms with Crippen LogP contribution in [0.2, 0.25) is 0 Å². The summed E-state index contributed by atoms with van der Waals surface area (Å²) in [6, 6.07) is 14.8. The molecule has 1 aliphatic heterocycles. The molecule has 0 aliphatic carbocycles. The second kappa shape index (κ2) is 10.0. The maximum Gasteiger partial charge on any atom is 0.301 e. The maximum atomic E-state index is 13.4. The van der Waals surface area contributed by atoms with E-state index in [1.165, 1.54) is 16.2 Å². The summed E-state index contributed by atoms with van der Waals surface area (Å²) >= 11 is 1.27. The Bertz CT molecular complexity index is 1510. The molecule has 4 aromatic rings. The van der Waals surface area contributed by atoms with E-state index in [0.29, 0.717) is 40.0 Å². The molecule has 1 saturated heterocycles. The topological polar surface area (TPSA) is 102 Å². The second-order valence-electron chi connectivity index (χ2n) is 8.58. The quantitative estimate of drug-likeness (QED) is 0.199. The van der Waals surface area contributed by atoms with Crippen molar-refractivity contribution >= 4 is 44.1 Å². The minimum absolute atomic E-state index is 0.0426. The lowest BCUT2D eigenvalue weighted by molar-refractivity contribution is -0.132. The van der Waals surface area contributed by atoms with Gasteiger partial charge < -0.3 is 14.6 Å². The number of pyridine rings is 1. The summed E-state index contributed by atoms with van der Waals surface area (Å²) in [5.74, 6) is -0.495. The standard InChI is InChI=1S/C28H25N3O5S/c1-4-13-36-18-10-8-17(9-11-18)25(32)23-24(19-7-5-6-12-29-19)31(27(34)26(23)33)28-30-20-14-16(2)21(35-3)15-22(20)37-28/h5-12,14-15,24,32H,4,13H2,1-3H3/b25-23+. The number of carbonyl (C=O) groups excluding carboxylic acids is 2. The fraction of sp³-hybridized carbons (Fsp3) is 0.214. The first-order valence-electron chi connectivity index (χ1n) is 11.8. The van der Waals surface area contributed by atoms with Crippen molar-refractivity contribution in [2.45, 2.75) is 26.3 Å². The molecule has 1 fully saturated rings. The van der Waals surface area contributed by atoms with Crippen molar-refractivity contribution in [1.29, 1.82) is 0 Å². The van der Waals surface area contributed by atoms with Crippen LogP contribution in [0.15, 0.2) is 66.4 Å². The van der Waals surface area contributed by atoms with E-state index in [9.17, 15) is 14.7 Å². The number of aromatic nitrogens is 2. The van der Waals surface area contributed by atoms with Gasteiger partial charge in [0.2, 0.25) is 0 Å². The van der Waals surface area contributed by atoms with Crippen LogP contribution in [0.4, 0.5) is 5.13 Å². The Balaban J connectivity index is 1.64. The van der Waals surface area contributed by atoms with E-state index in [2.05, 4.69) is 9.97 Å². The van der Waals surface area contributed by atoms with E-state index in [4.69, 9.17) is 9.47 Å². The number of ether oxygens (including phenoxy) is 2. The van der Waals surface area contributed by atoms with Gasteiger partial charge in [-0.2, -0.15) is 0 Å². The van der Waals surface area contributed by atoms with Gasteiger partial charge in [0.05, 0.1) is 35.2 Å². The largest absolute Gasteiger partial charge is 0.507 e. The van der Waals surface area contributed by atoms with Crippen molar-refractivity contribution in [3.63, 3.8) is 0 Å². The van der Waals surface area contributed by atoms with Gasteiger partial charge in [-0.15, -0.1) is 0 Å². The molecule has 0 spiro atoms. The van der Waals surface area contributed by atoms with Crippen LogP contribution < -0.4 is 14.4 Å². The molecule has 9 heteroatoms. The Hall–Kier alpha value is -4.24. The van der Waals surface area contributed by atoms with Gasteiger partial charge in [-0.05, 0) is 67.4 Å². The van der Waals surface area contributed by atoms with Crippen molar-refractivity contribution in [3.05, 3.63) is 83.2 Å². The number of thiazole rings is 1. The van der Waals surface area contributed by atoms with Gasteiger partial charge in [0.25, 0.3) is 5.78 Å². The third-order valence-electron chi connectivity index (χ3n) is 6.11. The molecule has 8 nitrogen and oxygen atoms in total. The highest BCUT2D eigenvalue weighted by molar-refractivity contribution is 7.22. The predicted molar refractivity (Wildman–Crippen MR) is 142 cm³/mol. The van der Waals surface area contributed by atoms with Gasteiger partial charge in [-0.25, -0.2) is 4.98 Å². The van der Waals surface area contributed by atoms with Crippen molar-refractivity contribution in [2.24, 2.45) is 0 Å². The fourth-order valence-corrected chi connectivity index (χ4v) is 5.30. The van der Waals surface area contributed by atoms with Crippen LogP contribution in [0.1, 0.15) is 36.2 Å². The molecule has 1 atom stereocenters. The molecular formula is C28H25N3O5S. The summed E-state index contributed by atoms with van der Waals surface area (Å²) in [7, 11) is 1.60. The normalized spacial score (nSPS) is 16.9. The number of aliphatic hydroxyl groups excluding tert-OH is 1. The van der Waals surface area contributed by atoms with E-state index in [1.54, 1.807) is 55.8 Å². The van der Waals surface area contributed by atoms with Crippen molar-refractivity contribution in [2.75, 3.05) is 18.6 Å². The highest BCUT2D eigenvalue weighted by Crippen LogP contribution is 2.44. The van der Waals surface area contributed by atoms with Gasteiger partial charge in [-0.1, -0.05) is 24.3 Å². The van der Waals surface area contributed by atoms with Crippen LogP contribution in [-0.2, 0) is 9.59 Å². The third kappa shape index (κ3) is 4.42. The third-order valence-corrected chi connectivity index (χ3v) is 7.13. The lowest BCUT2D eigenvalue weighted by Crippen LogP contribution is -2.29. The summed E-state index contributed by atoms with van der Waals surface area (Å²) in [5, 5.41) is 11.6. The molecule has 1 unspecified atom stereocenters. The molecule has 37 heavy (non-hydrogen) atoms. The van der Waals surface area contributed by atoms with Crippen LogP contribution in [0.3, 0.4) is 0 Å². The molecular weight excluding hydrogens is 490 g/mol. The molecule has 5 rings (SSSR count). The van der Waals surface area contributed by atoms with Gasteiger partial charge in [0, 0.05) is 11.8 Å². The number of rotatable bonds is 7. The molecule has 1 N–H and O–H groups in total. The second-order valence-corrected chi connectivity index (χ2v) is 9.59. The number of methoxy groups -OCH3 is 1. The molecule has 3 heterocycles. The molecule has 0 radical (unpaired) electrons. The molecule has 0 saturated carbocycles. The predicted octanol–water partition coefficient (Wildman–Crippen LogP) is 5.42. The van der Waals surface area contributed by atoms with Gasteiger partial charge >= 0.3 is 5.91 Å². The van der Waals surface area contributed by atoms with Crippen LogP contribution in [0.5, 0.6) is 11.5 Å². The van der Waals surface area contributed by atoms with Gasteiger partial charge in [0.1, 0.15) is 23.3 Å². The Labute approximate surface area is 217 Å². The van der Waals surface area contributed by atoms with E-state index < -0.39 is 17.7 Å². The Kier molecular flexibility index (Phi) is 6.62. The average Bonchev–Trinajstić information content (AvgIpc) is 3.44. The summed E-state index contributed by atoms with van der Waals surface area (Å²) in [6.45, 7) is 4.50. The number of nitrogens with zero attached hydrogens (tertiary/aromatic N) is 3. The first kappa shape index (κ1) is 24.5. The number of aryl methyl sites for hydroxylation is 1. The molecule has 188 valence electrons. The molecule has 1 aliphatic rings. The number of carbonyl (C=O) groups is 2. The van der Waals surface area contributed by atoms with Crippen LogP contribution in [0.25, 0.3) is 16.0 Å². The Morgan fingerprint density at radius 2 is 1.92 bits per heavy atom. The number of benzene rings is 2. The molecule has 0 bridgehead atoms. The zero-order valence-electron chi connectivity index (χ0n) is 20.6. The molecule has 1 amide bonds. The lowest BCUT2D eigenvalue weighted by atomic mass is 9.98. The number of anilines is 1. The van der Waals surface area contributed by atoms with Crippen LogP contribution >= 0.6 is 11.3 Å². The monoisotopic (exact) mass is 515 g/mol. The smallest absolute Gasteiger partial charge is 0.301 e. The highest BCUT2D eigenvalue weighted by Gasteiger charge is 2.48. The first-order chi connectivity index (χ1) is 17.9. The lowest BCUT2D eigenvalue weighted by Gasteiger charge is -2.21. The average molecular weight is 516 g/mol. The van der Waals surface area contributed by atoms with E-state index in [-0.39, 0.29) is 11.3 Å². The Morgan fingerprint density at radius 1 is 1.14 bits per heavy atom. The number of aliphatic hydroxyl groups is 1. The van der Waals surface area contributed by atoms with E-state index in [1.807, 2.05) is 26.0 Å². The van der Waals surface area contributed by atoms with Crippen LogP contribution in [-0.4, -0.2) is 40.5 Å². The fourth-order valence-electron chi connectivity index (χ4n) is 4.30. The van der Waals surface area contributed by atoms with Crippen molar-refractivity contribution in [1.82, 2.24) is 9.97 Å². The number of hydrogen-bond acceptors (Lipinski definition) is 8. The van der Waals surface area contributed by atoms with Crippen molar-refractivity contribution < 1.29 is 24.2 Å². The number of ketones is 1. The molecule has 2 aromatic heterocycles. The minimum Gasteiger partial charge on any atom is -0.507 e. The number of hydrogen-bond donors (Lipinski definition) is 1. The van der Waals surface area contributed by atoms with Gasteiger partial charge in [0.15, 0.2) is 5.13 Å².